The van der Waals surface area contributed by atoms with Crippen molar-refractivity contribution in [3.05, 3.63) is 0 Å². The fourth-order valence-corrected chi connectivity index (χ4v) is 0. The van der Waals surface area contributed by atoms with Crippen LogP contribution in [0.2, 0.25) is 0 Å². The molecule has 2 nitrogen and oxygen atoms in total. The molecule has 0 aromatic heterocycles. The number of nitrogens with two attached hydrogens (primary N) is 1. The molecule has 0 rings (SSSR count). The molecule has 0 spiro atoms. The van der Waals surface area contributed by atoms with Gasteiger partial charge in [0.15, 0.2) is 5.18 Å². The van der Waals surface area contributed by atoms with Gasteiger partial charge < -0.3 is 5.11 Å². The molecular formula is C3H8ClNO. The summed E-state index contributed by atoms with van der Waals surface area (Å²) in [4.78, 5) is 0. The maximum Gasteiger partial charge on any atom is 0.190 e. The molecule has 0 heterocycles. The van der Waals surface area contributed by atoms with Crippen LogP contribution < -0.4 is 5.73 Å². The topological polar surface area (TPSA) is 46.2 Å². The second-order valence-corrected chi connectivity index (χ2v) is 1.83. The maximum absolute atomic E-state index is 8.37. The van der Waals surface area contributed by atoms with Crippen LogP contribution >= 0.6 is 11.6 Å². The van der Waals surface area contributed by atoms with Crippen LogP contribution in [0, 0.1) is 0 Å². The highest BCUT2D eigenvalue weighted by Crippen LogP contribution is 2.04. The Bertz CT molecular complexity index is 40.5. The minimum absolute atomic E-state index is 0.370. The molecule has 0 saturated carbocycles. The molecule has 0 fully saturated rings. The Hall–Kier alpha value is 0.210. The lowest BCUT2D eigenvalue weighted by Gasteiger charge is -2.08. The van der Waals surface area contributed by atoms with Crippen LogP contribution in [0.4, 0.5) is 0 Å². The van der Waals surface area contributed by atoms with E-state index in [1.165, 1.54) is 0 Å². The predicted octanol–water partition coefficient (Wildman–Crippen LogP) is 0.240. The Kier molecular flexibility index (Phi) is 1.84. The highest BCUT2D eigenvalue weighted by molar-refractivity contribution is 6.22. The van der Waals surface area contributed by atoms with E-state index in [2.05, 4.69) is 0 Å². The van der Waals surface area contributed by atoms with Crippen molar-refractivity contribution in [2.24, 2.45) is 5.73 Å². The fraction of sp³-hybridized carbons (Fsp3) is 1.00. The first-order valence-electron chi connectivity index (χ1n) is 1.76. The average molecular weight is 110 g/mol. The lowest BCUT2D eigenvalue weighted by atomic mass is 10.4. The van der Waals surface area contributed by atoms with Crippen molar-refractivity contribution in [3.8, 4) is 0 Å². The van der Waals surface area contributed by atoms with Crippen LogP contribution in [-0.4, -0.2) is 10.3 Å². The molecule has 0 aliphatic heterocycles. The van der Waals surface area contributed by atoms with Crippen molar-refractivity contribution in [2.45, 2.75) is 18.5 Å². The molecule has 1 unspecified atom stereocenters. The van der Waals surface area contributed by atoms with Gasteiger partial charge in [-0.15, -0.1) is 0 Å². The lowest BCUT2D eigenvalue weighted by molar-refractivity contribution is 0.132. The Balaban J connectivity index is 3.17. The molecular weight excluding hydrogens is 101 g/mol. The monoisotopic (exact) mass is 109 g/mol. The molecule has 0 aromatic rings. The standard InChI is InChI=1S/C3H8ClNO/c1-2-3(4,5)6/h6H,2,5H2,1H3. The molecule has 0 aromatic carbocycles. The minimum Gasteiger partial charge on any atom is -0.363 e. The first-order valence-corrected chi connectivity index (χ1v) is 2.14. The van der Waals surface area contributed by atoms with Crippen LogP contribution in [0.1, 0.15) is 13.3 Å². The summed E-state index contributed by atoms with van der Waals surface area (Å²) in [6.07, 6.45) is 0.370. The van der Waals surface area contributed by atoms with Crippen molar-refractivity contribution in [3.63, 3.8) is 0 Å². The zero-order valence-electron chi connectivity index (χ0n) is 3.61. The first kappa shape index (κ1) is 6.21. The SMILES string of the molecule is CCC(N)(O)Cl. The zero-order valence-corrected chi connectivity index (χ0v) is 4.37. The van der Waals surface area contributed by atoms with Crippen LogP contribution in [0.15, 0.2) is 0 Å². The van der Waals surface area contributed by atoms with E-state index < -0.39 is 5.18 Å². The molecule has 1 atom stereocenters. The van der Waals surface area contributed by atoms with Gasteiger partial charge in [0.1, 0.15) is 0 Å². The van der Waals surface area contributed by atoms with Crippen molar-refractivity contribution in [1.82, 2.24) is 0 Å². The summed E-state index contributed by atoms with van der Waals surface area (Å²) >= 11 is 5.05. The van der Waals surface area contributed by atoms with Gasteiger partial charge >= 0.3 is 0 Å². The summed E-state index contributed by atoms with van der Waals surface area (Å²) < 4.78 is 0. The minimum atomic E-state index is -1.49. The normalized spacial score (nSPS) is 20.0. The van der Waals surface area contributed by atoms with Gasteiger partial charge in [-0.05, 0) is 0 Å². The molecule has 3 heteroatoms. The molecule has 0 aliphatic carbocycles. The van der Waals surface area contributed by atoms with Gasteiger partial charge in [0.05, 0.1) is 0 Å². The number of hydrogen-bond acceptors (Lipinski definition) is 2. The van der Waals surface area contributed by atoms with E-state index in [1.807, 2.05) is 0 Å². The van der Waals surface area contributed by atoms with Gasteiger partial charge in [-0.3, -0.25) is 5.73 Å². The number of halogens is 1. The van der Waals surface area contributed by atoms with Crippen molar-refractivity contribution < 1.29 is 5.11 Å². The van der Waals surface area contributed by atoms with Gasteiger partial charge in [-0.2, -0.15) is 0 Å². The lowest BCUT2D eigenvalue weighted by Crippen LogP contribution is -2.30. The molecule has 0 radical (unpaired) electrons. The van der Waals surface area contributed by atoms with E-state index in [4.69, 9.17) is 22.4 Å². The van der Waals surface area contributed by atoms with E-state index in [0.717, 1.165) is 0 Å². The molecule has 6 heavy (non-hydrogen) atoms. The average Bonchev–Trinajstić information content (AvgIpc) is 1.35. The third-order valence-corrected chi connectivity index (χ3v) is 0.763. The molecule has 38 valence electrons. The van der Waals surface area contributed by atoms with Gasteiger partial charge in [-0.25, -0.2) is 0 Å². The van der Waals surface area contributed by atoms with E-state index in [0.29, 0.717) is 6.42 Å². The van der Waals surface area contributed by atoms with Gasteiger partial charge in [-0.1, -0.05) is 18.5 Å². The zero-order chi connectivity index (χ0) is 5.21. The number of hydrogen-bond donors (Lipinski definition) is 2. The van der Waals surface area contributed by atoms with Crippen LogP contribution in [0.3, 0.4) is 0 Å². The highest BCUT2D eigenvalue weighted by Gasteiger charge is 2.10. The molecule has 0 saturated heterocycles. The summed E-state index contributed by atoms with van der Waals surface area (Å²) in [6.45, 7) is 1.70. The van der Waals surface area contributed by atoms with E-state index in [9.17, 15) is 0 Å². The smallest absolute Gasteiger partial charge is 0.190 e. The first-order chi connectivity index (χ1) is 2.56. The Morgan fingerprint density at radius 2 is 2.17 bits per heavy atom. The molecule has 0 amide bonds. The second kappa shape index (κ2) is 1.78. The van der Waals surface area contributed by atoms with Gasteiger partial charge in [0.25, 0.3) is 0 Å². The number of aliphatic hydroxyl groups is 1. The van der Waals surface area contributed by atoms with E-state index in [-0.39, 0.29) is 0 Å². The molecule has 3 N–H and O–H groups in total. The number of rotatable bonds is 1. The summed E-state index contributed by atoms with van der Waals surface area (Å²) in [5.41, 5.74) is 4.86. The highest BCUT2D eigenvalue weighted by atomic mass is 35.5. The van der Waals surface area contributed by atoms with Crippen LogP contribution in [0.25, 0.3) is 0 Å². The van der Waals surface area contributed by atoms with Crippen LogP contribution in [-0.2, 0) is 0 Å². The molecule has 0 bridgehead atoms. The summed E-state index contributed by atoms with van der Waals surface area (Å²) in [5, 5.41) is 6.88. The van der Waals surface area contributed by atoms with Gasteiger partial charge in [0.2, 0.25) is 0 Å². The second-order valence-electron chi connectivity index (χ2n) is 1.17. The van der Waals surface area contributed by atoms with Crippen molar-refractivity contribution >= 4 is 11.6 Å². The van der Waals surface area contributed by atoms with E-state index >= 15 is 0 Å². The van der Waals surface area contributed by atoms with Crippen molar-refractivity contribution in [1.29, 1.82) is 0 Å². The van der Waals surface area contributed by atoms with Crippen molar-refractivity contribution in [2.75, 3.05) is 0 Å². The summed E-state index contributed by atoms with van der Waals surface area (Å²) in [7, 11) is 0. The fourth-order valence-electron chi connectivity index (χ4n) is 0. The predicted molar refractivity (Wildman–Crippen MR) is 25.3 cm³/mol. The van der Waals surface area contributed by atoms with Crippen LogP contribution in [0.5, 0.6) is 0 Å². The third kappa shape index (κ3) is 4.21. The summed E-state index contributed by atoms with van der Waals surface area (Å²) in [6, 6.07) is 0. The van der Waals surface area contributed by atoms with Gasteiger partial charge in [0, 0.05) is 6.42 Å². The third-order valence-electron chi connectivity index (χ3n) is 0.496. The Morgan fingerprint density at radius 1 is 2.00 bits per heavy atom. The summed E-state index contributed by atoms with van der Waals surface area (Å²) in [5.74, 6) is 0. The maximum atomic E-state index is 8.37. The Labute approximate surface area is 41.9 Å². The molecule has 0 aliphatic rings. The number of alkyl halides is 1. The van der Waals surface area contributed by atoms with E-state index in [1.54, 1.807) is 6.92 Å². The quantitative estimate of drug-likeness (QED) is 0.288. The largest absolute Gasteiger partial charge is 0.363 e. The Morgan fingerprint density at radius 3 is 2.17 bits per heavy atom.